The summed E-state index contributed by atoms with van der Waals surface area (Å²) in [6.45, 7) is 1.35. The molecule has 12 nitrogen and oxygen atoms in total. The monoisotopic (exact) mass is 742 g/mol. The van der Waals surface area contributed by atoms with Crippen LogP contribution >= 0.6 is 0 Å². The molecule has 5 heterocycles. The van der Waals surface area contributed by atoms with Crippen molar-refractivity contribution < 1.29 is 36.8 Å². The molecule has 4 aromatic carbocycles. The second kappa shape index (κ2) is 13.6. The van der Waals surface area contributed by atoms with E-state index in [2.05, 4.69) is 36.2 Å². The molecule has 0 N–H and O–H groups in total. The summed E-state index contributed by atoms with van der Waals surface area (Å²) in [6, 6.07) is 17.7. The zero-order chi connectivity index (χ0) is 37.2. The number of aryl methyl sites for hydroxylation is 1. The Morgan fingerprint density at radius 3 is 2.11 bits per heavy atom. The molecular weight excluding hydrogens is 697 g/mol. The van der Waals surface area contributed by atoms with Gasteiger partial charge in [-0.05, 0) is 103 Å². The number of nitrogens with zero attached hydrogens (tertiary/aromatic N) is 4. The van der Waals surface area contributed by atoms with Crippen LogP contribution in [0.15, 0.2) is 54.6 Å². The highest BCUT2D eigenvalue weighted by Gasteiger charge is 2.46. The van der Waals surface area contributed by atoms with E-state index >= 15 is 0 Å². The molecule has 7 bridgehead atoms. The Bertz CT molecular complexity index is 2170. The van der Waals surface area contributed by atoms with Crippen molar-refractivity contribution >= 4 is 15.9 Å². The molecule has 0 saturated carbocycles. The Hall–Kier alpha value is -4.69. The molecule has 0 saturated heterocycles. The van der Waals surface area contributed by atoms with Gasteiger partial charge in [-0.3, -0.25) is 4.90 Å². The van der Waals surface area contributed by atoms with Crippen LogP contribution in [0, 0.1) is 0 Å². The van der Waals surface area contributed by atoms with Crippen LogP contribution in [0.5, 0.6) is 46.0 Å². The lowest BCUT2D eigenvalue weighted by Crippen LogP contribution is -2.57. The Morgan fingerprint density at radius 2 is 1.42 bits per heavy atom. The molecule has 0 fully saturated rings. The fourth-order valence-electron chi connectivity index (χ4n) is 8.31. The zero-order valence-electron chi connectivity index (χ0n) is 31.3. The minimum atomic E-state index is -4.04. The SMILES string of the molecule is COc1cc2c3cc1Oc1ccc(cc1)CC[C@H]1c4cc(c(OC)cc4CCN1C)Oc1c(OC)c(OC)cc4c1[C@@H](C3)N(CC4)N2S(=O)(=O)N(C)C. The molecule has 0 amide bonds. The van der Waals surface area contributed by atoms with Crippen LogP contribution in [-0.4, -0.2) is 85.3 Å². The maximum atomic E-state index is 14.3. The van der Waals surface area contributed by atoms with Gasteiger partial charge in [0.05, 0.1) is 40.2 Å². The highest BCUT2D eigenvalue weighted by molar-refractivity contribution is 7.90. The fraction of sp³-hybridized carbons (Fsp3) is 0.400. The quantitative estimate of drug-likeness (QED) is 0.219. The van der Waals surface area contributed by atoms with Gasteiger partial charge in [0.25, 0.3) is 0 Å². The van der Waals surface area contributed by atoms with Gasteiger partial charge in [0.15, 0.2) is 34.5 Å². The van der Waals surface area contributed by atoms with Crippen molar-refractivity contribution in [3.8, 4) is 46.0 Å². The molecule has 2 atom stereocenters. The molecule has 5 aliphatic rings. The first-order valence-corrected chi connectivity index (χ1v) is 19.3. The van der Waals surface area contributed by atoms with Crippen LogP contribution in [0.4, 0.5) is 5.69 Å². The van der Waals surface area contributed by atoms with Crippen LogP contribution in [0.1, 0.15) is 51.9 Å². The normalized spacial score (nSPS) is 19.5. The minimum absolute atomic E-state index is 0.147. The number of benzene rings is 4. The van der Waals surface area contributed by atoms with E-state index in [9.17, 15) is 8.42 Å². The van der Waals surface area contributed by atoms with Gasteiger partial charge in [0.1, 0.15) is 5.75 Å². The third-order valence-corrected chi connectivity index (χ3v) is 12.8. The lowest BCUT2D eigenvalue weighted by atomic mass is 9.86. The number of likely N-dealkylation sites (N-methyl/N-ethyl adjacent to an activating group) is 1. The van der Waals surface area contributed by atoms with E-state index in [0.717, 1.165) is 42.5 Å². The third kappa shape index (κ3) is 5.90. The number of rotatable bonds is 6. The molecule has 13 heteroatoms. The van der Waals surface area contributed by atoms with Crippen LogP contribution < -0.4 is 32.8 Å². The number of anilines is 1. The van der Waals surface area contributed by atoms with E-state index in [-0.39, 0.29) is 6.04 Å². The van der Waals surface area contributed by atoms with Crippen molar-refractivity contribution in [2.75, 3.05) is 67.1 Å². The highest BCUT2D eigenvalue weighted by atomic mass is 32.2. The van der Waals surface area contributed by atoms with Crippen molar-refractivity contribution in [1.29, 1.82) is 0 Å². The Morgan fingerprint density at radius 1 is 0.736 bits per heavy atom. The average molecular weight is 743 g/mol. The lowest BCUT2D eigenvalue weighted by molar-refractivity contribution is 0.175. The number of hydrogen-bond donors (Lipinski definition) is 0. The minimum Gasteiger partial charge on any atom is -0.493 e. The molecule has 0 spiro atoms. The molecule has 4 aromatic rings. The summed E-state index contributed by atoms with van der Waals surface area (Å²) in [5.74, 6) is 4.14. The first-order chi connectivity index (χ1) is 25.6. The summed E-state index contributed by atoms with van der Waals surface area (Å²) >= 11 is 0. The average Bonchev–Trinajstić information content (AvgIpc) is 3.15. The summed E-state index contributed by atoms with van der Waals surface area (Å²) < 4.78 is 68.6. The fourth-order valence-corrected chi connectivity index (χ4v) is 9.50. The van der Waals surface area contributed by atoms with E-state index in [1.165, 1.54) is 39.5 Å². The first kappa shape index (κ1) is 35.3. The Labute approximate surface area is 311 Å². The lowest BCUT2D eigenvalue weighted by Gasteiger charge is -2.48. The van der Waals surface area contributed by atoms with Crippen LogP contribution in [0.2, 0.25) is 0 Å². The molecule has 0 aromatic heterocycles. The van der Waals surface area contributed by atoms with Crippen molar-refractivity contribution in [2.45, 2.75) is 44.2 Å². The second-order valence-electron chi connectivity index (χ2n) is 14.1. The maximum Gasteiger partial charge on any atom is 0.317 e. The van der Waals surface area contributed by atoms with Gasteiger partial charge in [-0.15, -0.1) is 0 Å². The van der Waals surface area contributed by atoms with Crippen LogP contribution in [0.3, 0.4) is 0 Å². The van der Waals surface area contributed by atoms with Gasteiger partial charge in [-0.25, -0.2) is 0 Å². The summed E-state index contributed by atoms with van der Waals surface area (Å²) in [5.41, 5.74) is 6.69. The van der Waals surface area contributed by atoms with Gasteiger partial charge in [0, 0.05) is 44.9 Å². The van der Waals surface area contributed by atoms with Gasteiger partial charge < -0.3 is 28.4 Å². The Kier molecular flexibility index (Phi) is 9.08. The van der Waals surface area contributed by atoms with E-state index in [0.29, 0.717) is 71.1 Å². The zero-order valence-corrected chi connectivity index (χ0v) is 32.1. The topological polar surface area (TPSA) is 102 Å². The molecular formula is C40H46N4O8S. The van der Waals surface area contributed by atoms with Crippen LogP contribution in [0.25, 0.3) is 0 Å². The molecule has 5 aliphatic heterocycles. The second-order valence-corrected chi connectivity index (χ2v) is 16.1. The summed E-state index contributed by atoms with van der Waals surface area (Å²) in [7, 11) is 7.63. The molecule has 53 heavy (non-hydrogen) atoms. The summed E-state index contributed by atoms with van der Waals surface area (Å²) in [6.07, 6.45) is 3.63. The van der Waals surface area contributed by atoms with Crippen molar-refractivity contribution in [2.24, 2.45) is 0 Å². The Balaban J connectivity index is 1.40. The van der Waals surface area contributed by atoms with Crippen LogP contribution in [-0.2, 0) is 35.9 Å². The van der Waals surface area contributed by atoms with Crippen molar-refractivity contribution in [3.63, 3.8) is 0 Å². The predicted molar refractivity (Wildman–Crippen MR) is 201 cm³/mol. The van der Waals surface area contributed by atoms with Crippen molar-refractivity contribution in [1.82, 2.24) is 14.2 Å². The van der Waals surface area contributed by atoms with Gasteiger partial charge in [0.2, 0.25) is 5.75 Å². The molecule has 0 unspecified atom stereocenters. The van der Waals surface area contributed by atoms with E-state index in [4.69, 9.17) is 28.4 Å². The largest absolute Gasteiger partial charge is 0.493 e. The van der Waals surface area contributed by atoms with Gasteiger partial charge in [-0.1, -0.05) is 12.1 Å². The van der Waals surface area contributed by atoms with E-state index < -0.39 is 16.3 Å². The summed E-state index contributed by atoms with van der Waals surface area (Å²) in [4.78, 5) is 2.41. The number of hydrazine groups is 1. The molecule has 9 rings (SSSR count). The smallest absolute Gasteiger partial charge is 0.317 e. The first-order valence-electron chi connectivity index (χ1n) is 17.9. The molecule has 280 valence electrons. The van der Waals surface area contributed by atoms with Gasteiger partial charge >= 0.3 is 10.2 Å². The molecule has 0 aliphatic carbocycles. The highest BCUT2D eigenvalue weighted by Crippen LogP contribution is 2.55. The predicted octanol–water partition coefficient (Wildman–Crippen LogP) is 6.46. The van der Waals surface area contributed by atoms with Gasteiger partial charge in [-0.2, -0.15) is 22.1 Å². The molecule has 0 radical (unpaired) electrons. The summed E-state index contributed by atoms with van der Waals surface area (Å²) in [5, 5.41) is 1.91. The van der Waals surface area contributed by atoms with E-state index in [1.54, 1.807) is 34.5 Å². The number of hydrogen-bond acceptors (Lipinski definition) is 10. The number of ether oxygens (including phenoxy) is 6. The maximum absolute atomic E-state index is 14.3. The number of methoxy groups -OCH3 is 4. The van der Waals surface area contributed by atoms with Crippen molar-refractivity contribution in [3.05, 3.63) is 88.0 Å². The third-order valence-electron chi connectivity index (χ3n) is 11.1. The number of fused-ring (bicyclic) bond motifs is 3. The standard InChI is InChI=1S/C40H46N4O8S/c1-41(2)53(45,46)44-31-23-34(48-5)35-21-27(31)18-32-38-26(15-17-43(32)44)20-37(49-6)39(50-7)40(38)52-36-22-29-25(19-33(36)47-4)14-16-42(3)30(29)13-10-24-8-11-28(51-35)12-9-24/h8-9,11-12,19-23,30,32H,10,13-18H2,1-7H3/t30-,32+/m0/s1. The van der Waals surface area contributed by atoms with E-state index in [1.807, 2.05) is 29.3 Å².